The third-order valence-electron chi connectivity index (χ3n) is 6.91. The van der Waals surface area contributed by atoms with Gasteiger partial charge in [-0.15, -0.1) is 11.3 Å². The second-order valence-corrected chi connectivity index (χ2v) is 10.5. The molecule has 2 N–H and O–H groups in total. The standard InChI is InChI=1S/C25H28N8O3S.2H2/c1-15-5-3-6-31(15)14-22(34)29-17-9-20(16(2)26-10-17)30-23(35)19-12-28-33-13-21(37-25(19)33)18-11-27-32-7-4-8-36-24(18)32;;/h9-13,15H,3-8,14H2,1-2H3,(H,29,34)(H,30,35);2*1H. The van der Waals surface area contributed by atoms with E-state index < -0.39 is 0 Å². The summed E-state index contributed by atoms with van der Waals surface area (Å²) in [4.78, 5) is 34.0. The van der Waals surface area contributed by atoms with Crippen molar-refractivity contribution in [2.45, 2.75) is 45.7 Å². The number of carbonyl (C=O) groups excluding carboxylic acids is 2. The van der Waals surface area contributed by atoms with E-state index in [4.69, 9.17) is 4.74 Å². The molecule has 37 heavy (non-hydrogen) atoms. The number of thiazole rings is 1. The zero-order valence-corrected chi connectivity index (χ0v) is 21.5. The predicted octanol–water partition coefficient (Wildman–Crippen LogP) is 3.91. The number of aromatic nitrogens is 5. The number of amides is 2. The molecule has 4 aromatic heterocycles. The van der Waals surface area contributed by atoms with Crippen molar-refractivity contribution in [3.8, 4) is 16.3 Å². The lowest BCUT2D eigenvalue weighted by Gasteiger charge is -2.20. The molecule has 0 aliphatic carbocycles. The lowest BCUT2D eigenvalue weighted by atomic mass is 10.2. The summed E-state index contributed by atoms with van der Waals surface area (Å²) in [6.45, 7) is 6.73. The molecule has 196 valence electrons. The molecule has 0 aromatic carbocycles. The van der Waals surface area contributed by atoms with Crippen molar-refractivity contribution in [1.29, 1.82) is 0 Å². The number of anilines is 2. The molecule has 1 fully saturated rings. The van der Waals surface area contributed by atoms with Gasteiger partial charge in [-0.05, 0) is 39.3 Å². The Bertz CT molecular complexity index is 1500. The fourth-order valence-electron chi connectivity index (χ4n) is 4.83. The zero-order valence-electron chi connectivity index (χ0n) is 20.7. The zero-order chi connectivity index (χ0) is 25.5. The smallest absolute Gasteiger partial charge is 0.260 e. The Kier molecular flexibility index (Phi) is 6.13. The molecule has 12 heteroatoms. The van der Waals surface area contributed by atoms with E-state index in [0.29, 0.717) is 41.8 Å². The minimum atomic E-state index is -0.295. The van der Waals surface area contributed by atoms with E-state index in [0.717, 1.165) is 53.5 Å². The lowest BCUT2D eigenvalue weighted by molar-refractivity contribution is -0.117. The minimum absolute atomic E-state index is 0. The van der Waals surface area contributed by atoms with Gasteiger partial charge in [0.2, 0.25) is 11.8 Å². The molecule has 0 radical (unpaired) electrons. The van der Waals surface area contributed by atoms with Crippen molar-refractivity contribution in [2.75, 3.05) is 30.3 Å². The molecule has 0 spiro atoms. The Morgan fingerprint density at radius 3 is 2.92 bits per heavy atom. The lowest BCUT2D eigenvalue weighted by Crippen LogP contribution is -2.35. The van der Waals surface area contributed by atoms with Crippen molar-refractivity contribution in [2.24, 2.45) is 0 Å². The molecule has 11 nitrogen and oxygen atoms in total. The van der Waals surface area contributed by atoms with Gasteiger partial charge in [0.1, 0.15) is 4.83 Å². The summed E-state index contributed by atoms with van der Waals surface area (Å²) in [5.41, 5.74) is 3.08. The van der Waals surface area contributed by atoms with E-state index in [2.05, 4.69) is 37.6 Å². The van der Waals surface area contributed by atoms with Crippen LogP contribution in [0.5, 0.6) is 5.88 Å². The van der Waals surface area contributed by atoms with E-state index >= 15 is 0 Å². The molecular weight excluding hydrogens is 492 g/mol. The number of fused-ring (bicyclic) bond motifs is 2. The summed E-state index contributed by atoms with van der Waals surface area (Å²) in [6.07, 6.45) is 10.0. The number of carbonyl (C=O) groups is 2. The van der Waals surface area contributed by atoms with Crippen LogP contribution in [-0.2, 0) is 11.3 Å². The van der Waals surface area contributed by atoms with Crippen LogP contribution >= 0.6 is 11.3 Å². The van der Waals surface area contributed by atoms with Crippen LogP contribution in [0.3, 0.4) is 0 Å². The SMILES string of the molecule is Cc1ncc(NC(=O)CN2CCCC2C)cc1NC(=O)c1cnn2cc(-c3cnn4c3OCCC4)sc12.[HH].[HH]. The summed E-state index contributed by atoms with van der Waals surface area (Å²) < 4.78 is 9.39. The highest BCUT2D eigenvalue weighted by Crippen LogP contribution is 2.37. The van der Waals surface area contributed by atoms with Crippen LogP contribution in [0.2, 0.25) is 0 Å². The van der Waals surface area contributed by atoms with Gasteiger partial charge in [0.05, 0.1) is 64.8 Å². The quantitative estimate of drug-likeness (QED) is 0.392. The van der Waals surface area contributed by atoms with Crippen LogP contribution in [0.15, 0.2) is 30.9 Å². The van der Waals surface area contributed by atoms with Gasteiger partial charge in [-0.1, -0.05) is 0 Å². The summed E-state index contributed by atoms with van der Waals surface area (Å²) >= 11 is 1.46. The molecule has 0 bridgehead atoms. The van der Waals surface area contributed by atoms with Crippen molar-refractivity contribution in [3.63, 3.8) is 0 Å². The third-order valence-corrected chi connectivity index (χ3v) is 8.05. The van der Waals surface area contributed by atoms with Gasteiger partial charge in [-0.2, -0.15) is 10.2 Å². The summed E-state index contributed by atoms with van der Waals surface area (Å²) in [5, 5.41) is 14.7. The molecule has 1 atom stereocenters. The van der Waals surface area contributed by atoms with Crippen molar-refractivity contribution >= 4 is 39.4 Å². The Labute approximate surface area is 220 Å². The highest BCUT2D eigenvalue weighted by atomic mass is 32.1. The number of aryl methyl sites for hydroxylation is 2. The number of nitrogens with zero attached hydrogens (tertiary/aromatic N) is 6. The van der Waals surface area contributed by atoms with Gasteiger partial charge in [0.15, 0.2) is 0 Å². The van der Waals surface area contributed by atoms with Crippen LogP contribution in [-0.4, -0.2) is 66.8 Å². The van der Waals surface area contributed by atoms with Gasteiger partial charge < -0.3 is 15.4 Å². The van der Waals surface area contributed by atoms with Gasteiger partial charge in [0, 0.05) is 28.1 Å². The van der Waals surface area contributed by atoms with Crippen molar-refractivity contribution < 1.29 is 17.2 Å². The molecular formula is C25H32N8O3S. The van der Waals surface area contributed by atoms with Crippen LogP contribution in [0.1, 0.15) is 45.1 Å². The maximum atomic E-state index is 13.2. The first-order valence-electron chi connectivity index (χ1n) is 12.4. The largest absolute Gasteiger partial charge is 0.477 e. The summed E-state index contributed by atoms with van der Waals surface area (Å²) in [7, 11) is 0. The first-order valence-corrected chi connectivity index (χ1v) is 13.3. The van der Waals surface area contributed by atoms with Crippen LogP contribution in [0.4, 0.5) is 11.4 Å². The Morgan fingerprint density at radius 2 is 2.08 bits per heavy atom. The maximum absolute atomic E-state index is 13.2. The van der Waals surface area contributed by atoms with Crippen LogP contribution < -0.4 is 15.4 Å². The minimum Gasteiger partial charge on any atom is -0.477 e. The number of rotatable bonds is 6. The van der Waals surface area contributed by atoms with Crippen molar-refractivity contribution in [3.05, 3.63) is 42.1 Å². The molecule has 0 saturated carbocycles. The van der Waals surface area contributed by atoms with Crippen LogP contribution in [0.25, 0.3) is 15.3 Å². The average molecular weight is 525 g/mol. The molecule has 1 unspecified atom stereocenters. The molecule has 1 saturated heterocycles. The Hall–Kier alpha value is -3.77. The van der Waals surface area contributed by atoms with Crippen LogP contribution in [0, 0.1) is 6.92 Å². The second-order valence-electron chi connectivity index (χ2n) is 9.51. The maximum Gasteiger partial charge on any atom is 0.260 e. The molecule has 2 amide bonds. The number of ether oxygens (including phenoxy) is 1. The predicted molar refractivity (Wildman–Crippen MR) is 144 cm³/mol. The highest BCUT2D eigenvalue weighted by Gasteiger charge is 2.24. The van der Waals surface area contributed by atoms with E-state index in [1.165, 1.54) is 11.3 Å². The monoisotopic (exact) mass is 524 g/mol. The number of pyridine rings is 1. The first-order chi connectivity index (χ1) is 18.0. The molecule has 4 aromatic rings. The average Bonchev–Trinajstić information content (AvgIpc) is 3.65. The third kappa shape index (κ3) is 4.58. The van der Waals surface area contributed by atoms with Gasteiger partial charge in [-0.3, -0.25) is 19.5 Å². The van der Waals surface area contributed by atoms with Gasteiger partial charge in [-0.25, -0.2) is 9.20 Å². The van der Waals surface area contributed by atoms with E-state index in [1.54, 1.807) is 29.2 Å². The van der Waals surface area contributed by atoms with E-state index in [1.807, 2.05) is 17.8 Å². The first kappa shape index (κ1) is 23.6. The van der Waals surface area contributed by atoms with Gasteiger partial charge in [0.25, 0.3) is 5.91 Å². The number of hydrogen-bond donors (Lipinski definition) is 2. The fraction of sp³-hybridized carbons (Fsp3) is 0.400. The van der Waals surface area contributed by atoms with Crippen molar-refractivity contribution in [1.82, 2.24) is 29.3 Å². The van der Waals surface area contributed by atoms with E-state index in [9.17, 15) is 9.59 Å². The number of hydrogen-bond acceptors (Lipinski definition) is 8. The summed E-state index contributed by atoms with van der Waals surface area (Å²) in [6, 6.07) is 2.15. The summed E-state index contributed by atoms with van der Waals surface area (Å²) in [5.74, 6) is 0.366. The second kappa shape index (κ2) is 9.60. The Morgan fingerprint density at radius 1 is 1.19 bits per heavy atom. The molecule has 2 aliphatic rings. The molecule has 6 rings (SSSR count). The van der Waals surface area contributed by atoms with Gasteiger partial charge >= 0.3 is 0 Å². The fourth-order valence-corrected chi connectivity index (χ4v) is 5.89. The number of nitrogens with one attached hydrogen (secondary N) is 2. The molecule has 2 aliphatic heterocycles. The number of likely N-dealkylation sites (tertiary alicyclic amines) is 1. The molecule has 6 heterocycles. The Balaban J connectivity index is 0.00000176. The normalized spacial score (nSPS) is 17.5. The van der Waals surface area contributed by atoms with E-state index in [-0.39, 0.29) is 14.7 Å². The topological polar surface area (TPSA) is 119 Å². The highest BCUT2D eigenvalue weighted by molar-refractivity contribution is 7.21.